The number of aliphatic hydroxyl groups excluding tert-OH is 1. The molecule has 3 heteroatoms. The minimum absolute atomic E-state index is 0.524. The SMILES string of the molecule is CCc1ccc(CC(O)c2cccnc2C)nc1. The molecule has 0 saturated carbocycles. The second-order valence-corrected chi connectivity index (χ2v) is 4.41. The van der Waals surface area contributed by atoms with E-state index in [2.05, 4.69) is 23.0 Å². The predicted molar refractivity (Wildman–Crippen MR) is 71.3 cm³/mol. The average molecular weight is 242 g/mol. The van der Waals surface area contributed by atoms with Crippen molar-refractivity contribution in [3.8, 4) is 0 Å². The number of pyridine rings is 2. The van der Waals surface area contributed by atoms with Gasteiger partial charge in [0.05, 0.1) is 6.10 Å². The molecule has 2 aromatic rings. The van der Waals surface area contributed by atoms with Gasteiger partial charge in [0.15, 0.2) is 0 Å². The van der Waals surface area contributed by atoms with Crippen LogP contribution in [0.3, 0.4) is 0 Å². The highest BCUT2D eigenvalue weighted by Gasteiger charge is 2.12. The Balaban J connectivity index is 2.11. The summed E-state index contributed by atoms with van der Waals surface area (Å²) in [5.41, 5.74) is 3.86. The van der Waals surface area contributed by atoms with Crippen LogP contribution in [0.15, 0.2) is 36.7 Å². The van der Waals surface area contributed by atoms with E-state index >= 15 is 0 Å². The Morgan fingerprint density at radius 3 is 2.67 bits per heavy atom. The number of hydrogen-bond acceptors (Lipinski definition) is 3. The highest BCUT2D eigenvalue weighted by Crippen LogP contribution is 2.19. The van der Waals surface area contributed by atoms with Gasteiger partial charge in [-0.15, -0.1) is 0 Å². The van der Waals surface area contributed by atoms with Crippen molar-refractivity contribution in [3.63, 3.8) is 0 Å². The van der Waals surface area contributed by atoms with Crippen molar-refractivity contribution in [1.82, 2.24) is 9.97 Å². The van der Waals surface area contributed by atoms with E-state index in [0.29, 0.717) is 6.42 Å². The first-order valence-electron chi connectivity index (χ1n) is 6.24. The van der Waals surface area contributed by atoms with Gasteiger partial charge in [0.25, 0.3) is 0 Å². The fourth-order valence-corrected chi connectivity index (χ4v) is 1.94. The van der Waals surface area contributed by atoms with E-state index in [4.69, 9.17) is 0 Å². The van der Waals surface area contributed by atoms with Crippen LogP contribution in [0.5, 0.6) is 0 Å². The molecular weight excluding hydrogens is 224 g/mol. The Bertz CT molecular complexity index is 508. The van der Waals surface area contributed by atoms with Gasteiger partial charge in [-0.05, 0) is 31.0 Å². The number of aryl methyl sites for hydroxylation is 2. The predicted octanol–water partition coefficient (Wildman–Crippen LogP) is 2.62. The summed E-state index contributed by atoms with van der Waals surface area (Å²) in [7, 11) is 0. The maximum atomic E-state index is 10.2. The largest absolute Gasteiger partial charge is 0.388 e. The summed E-state index contributed by atoms with van der Waals surface area (Å²) in [4.78, 5) is 8.55. The van der Waals surface area contributed by atoms with Crippen LogP contribution in [0, 0.1) is 6.92 Å². The van der Waals surface area contributed by atoms with Gasteiger partial charge in [-0.2, -0.15) is 0 Å². The van der Waals surface area contributed by atoms with Crippen LogP contribution in [-0.4, -0.2) is 15.1 Å². The third-order valence-corrected chi connectivity index (χ3v) is 3.10. The Morgan fingerprint density at radius 2 is 2.06 bits per heavy atom. The van der Waals surface area contributed by atoms with Gasteiger partial charge in [0, 0.05) is 35.8 Å². The summed E-state index contributed by atoms with van der Waals surface area (Å²) in [6, 6.07) is 7.80. The molecule has 2 rings (SSSR count). The van der Waals surface area contributed by atoms with Crippen molar-refractivity contribution in [1.29, 1.82) is 0 Å². The highest BCUT2D eigenvalue weighted by molar-refractivity contribution is 5.23. The van der Waals surface area contributed by atoms with Crippen LogP contribution in [-0.2, 0) is 12.8 Å². The molecule has 0 aliphatic rings. The third-order valence-electron chi connectivity index (χ3n) is 3.10. The summed E-state index contributed by atoms with van der Waals surface area (Å²) in [6.07, 6.45) is 4.57. The molecule has 0 aliphatic heterocycles. The molecule has 2 heterocycles. The summed E-state index contributed by atoms with van der Waals surface area (Å²) in [6.45, 7) is 4.01. The fraction of sp³-hybridized carbons (Fsp3) is 0.333. The molecule has 0 amide bonds. The number of aromatic nitrogens is 2. The normalized spacial score (nSPS) is 12.4. The molecule has 0 spiro atoms. The van der Waals surface area contributed by atoms with Crippen molar-refractivity contribution in [2.24, 2.45) is 0 Å². The van der Waals surface area contributed by atoms with Crippen molar-refractivity contribution in [2.45, 2.75) is 32.8 Å². The van der Waals surface area contributed by atoms with Crippen LogP contribution in [0.25, 0.3) is 0 Å². The number of hydrogen-bond donors (Lipinski definition) is 1. The zero-order chi connectivity index (χ0) is 13.0. The van der Waals surface area contributed by atoms with Gasteiger partial charge in [0.1, 0.15) is 0 Å². The molecule has 3 nitrogen and oxygen atoms in total. The van der Waals surface area contributed by atoms with E-state index in [1.165, 1.54) is 5.56 Å². The molecular formula is C15H18N2O. The molecule has 0 saturated heterocycles. The number of nitrogens with zero attached hydrogens (tertiary/aromatic N) is 2. The van der Waals surface area contributed by atoms with Gasteiger partial charge in [0.2, 0.25) is 0 Å². The first-order chi connectivity index (χ1) is 8.70. The van der Waals surface area contributed by atoms with Crippen LogP contribution >= 0.6 is 0 Å². The molecule has 0 fully saturated rings. The van der Waals surface area contributed by atoms with E-state index in [9.17, 15) is 5.11 Å². The Kier molecular flexibility index (Phi) is 4.05. The minimum atomic E-state index is -0.543. The van der Waals surface area contributed by atoms with E-state index in [1.807, 2.05) is 31.3 Å². The van der Waals surface area contributed by atoms with E-state index in [1.54, 1.807) is 6.20 Å². The third kappa shape index (κ3) is 2.93. The van der Waals surface area contributed by atoms with Crippen molar-refractivity contribution < 1.29 is 5.11 Å². The smallest absolute Gasteiger partial charge is 0.0862 e. The van der Waals surface area contributed by atoms with Crippen molar-refractivity contribution in [2.75, 3.05) is 0 Å². The minimum Gasteiger partial charge on any atom is -0.388 e. The maximum absolute atomic E-state index is 10.2. The van der Waals surface area contributed by atoms with E-state index in [-0.39, 0.29) is 0 Å². The molecule has 1 atom stereocenters. The topological polar surface area (TPSA) is 46.0 Å². The molecule has 2 aromatic heterocycles. The van der Waals surface area contributed by atoms with Gasteiger partial charge in [-0.1, -0.05) is 19.1 Å². The summed E-state index contributed by atoms with van der Waals surface area (Å²) >= 11 is 0. The fourth-order valence-electron chi connectivity index (χ4n) is 1.94. The maximum Gasteiger partial charge on any atom is 0.0862 e. The van der Waals surface area contributed by atoms with Gasteiger partial charge < -0.3 is 5.11 Å². The quantitative estimate of drug-likeness (QED) is 0.896. The lowest BCUT2D eigenvalue weighted by Crippen LogP contribution is -2.06. The van der Waals surface area contributed by atoms with Crippen LogP contribution in [0.4, 0.5) is 0 Å². The van der Waals surface area contributed by atoms with E-state index in [0.717, 1.165) is 23.4 Å². The van der Waals surface area contributed by atoms with E-state index < -0.39 is 6.10 Å². The number of rotatable bonds is 4. The molecule has 0 aromatic carbocycles. The Morgan fingerprint density at radius 1 is 1.22 bits per heavy atom. The van der Waals surface area contributed by atoms with Crippen LogP contribution in [0.1, 0.15) is 35.5 Å². The zero-order valence-corrected chi connectivity index (χ0v) is 10.8. The molecule has 94 valence electrons. The second-order valence-electron chi connectivity index (χ2n) is 4.41. The van der Waals surface area contributed by atoms with Crippen molar-refractivity contribution >= 4 is 0 Å². The van der Waals surface area contributed by atoms with Gasteiger partial charge in [-0.3, -0.25) is 9.97 Å². The molecule has 0 radical (unpaired) electrons. The Hall–Kier alpha value is -1.74. The zero-order valence-electron chi connectivity index (χ0n) is 10.8. The Labute approximate surface area is 108 Å². The number of aliphatic hydroxyl groups is 1. The van der Waals surface area contributed by atoms with Crippen LogP contribution < -0.4 is 0 Å². The lowest BCUT2D eigenvalue weighted by molar-refractivity contribution is 0.176. The van der Waals surface area contributed by atoms with Crippen LogP contribution in [0.2, 0.25) is 0 Å². The van der Waals surface area contributed by atoms with Gasteiger partial charge in [-0.25, -0.2) is 0 Å². The second kappa shape index (κ2) is 5.74. The van der Waals surface area contributed by atoms with Gasteiger partial charge >= 0.3 is 0 Å². The lowest BCUT2D eigenvalue weighted by Gasteiger charge is -2.12. The molecule has 1 N–H and O–H groups in total. The van der Waals surface area contributed by atoms with Crippen molar-refractivity contribution in [3.05, 3.63) is 59.2 Å². The summed E-state index contributed by atoms with van der Waals surface area (Å²) in [5, 5.41) is 10.2. The molecule has 0 aliphatic carbocycles. The first-order valence-corrected chi connectivity index (χ1v) is 6.24. The average Bonchev–Trinajstić information content (AvgIpc) is 2.40. The summed E-state index contributed by atoms with van der Waals surface area (Å²) < 4.78 is 0. The molecule has 0 bridgehead atoms. The standard InChI is InChI=1S/C15H18N2O/c1-3-12-6-7-13(17-10-12)9-15(18)14-5-4-8-16-11(14)2/h4-8,10,15,18H,3,9H2,1-2H3. The first kappa shape index (κ1) is 12.7. The monoisotopic (exact) mass is 242 g/mol. The lowest BCUT2D eigenvalue weighted by atomic mass is 10.0. The highest BCUT2D eigenvalue weighted by atomic mass is 16.3. The molecule has 18 heavy (non-hydrogen) atoms. The molecule has 1 unspecified atom stereocenters. The summed E-state index contributed by atoms with van der Waals surface area (Å²) in [5.74, 6) is 0.